The number of halogens is 1. The van der Waals surface area contributed by atoms with Gasteiger partial charge in [-0.1, -0.05) is 12.2 Å². The molecule has 0 aliphatic heterocycles. The summed E-state index contributed by atoms with van der Waals surface area (Å²) in [7, 11) is 0. The predicted molar refractivity (Wildman–Crippen MR) is 39.6 cm³/mol. The Morgan fingerprint density at radius 1 is 1.33 bits per heavy atom. The fourth-order valence-corrected chi connectivity index (χ4v) is 2.43. The molecule has 2 bridgehead atoms. The Morgan fingerprint density at radius 2 is 2.22 bits per heavy atom. The van der Waals surface area contributed by atoms with E-state index in [1.807, 2.05) is 0 Å². The van der Waals surface area contributed by atoms with Gasteiger partial charge in [-0.15, -0.1) is 11.6 Å². The van der Waals surface area contributed by atoms with Crippen molar-refractivity contribution in [1.82, 2.24) is 0 Å². The zero-order valence-corrected chi connectivity index (χ0v) is 6.14. The van der Waals surface area contributed by atoms with Crippen LogP contribution in [0.1, 0.15) is 12.8 Å². The summed E-state index contributed by atoms with van der Waals surface area (Å²) in [6.07, 6.45) is 7.44. The van der Waals surface area contributed by atoms with E-state index in [2.05, 4.69) is 12.2 Å². The third-order valence-corrected chi connectivity index (χ3v) is 3.01. The zero-order chi connectivity index (χ0) is 6.27. The summed E-state index contributed by atoms with van der Waals surface area (Å²) in [5.74, 6) is 3.40. The second-order valence-electron chi connectivity index (χ2n) is 3.19. The first-order valence-electron chi connectivity index (χ1n) is 3.64. The maximum absolute atomic E-state index is 5.77. The second-order valence-corrected chi connectivity index (χ2v) is 3.50. The lowest BCUT2D eigenvalue weighted by molar-refractivity contribution is 0.499. The van der Waals surface area contributed by atoms with Crippen LogP contribution in [-0.2, 0) is 0 Å². The highest BCUT2D eigenvalue weighted by molar-refractivity contribution is 6.18. The average molecular weight is 143 g/mol. The summed E-state index contributed by atoms with van der Waals surface area (Å²) >= 11 is 5.77. The molecule has 0 N–H and O–H groups in total. The van der Waals surface area contributed by atoms with Crippen LogP contribution in [0.4, 0.5) is 0 Å². The first-order valence-corrected chi connectivity index (χ1v) is 4.18. The van der Waals surface area contributed by atoms with Crippen molar-refractivity contribution in [2.75, 3.05) is 5.88 Å². The van der Waals surface area contributed by atoms with Crippen LogP contribution in [0.5, 0.6) is 0 Å². The molecule has 0 unspecified atom stereocenters. The van der Waals surface area contributed by atoms with E-state index >= 15 is 0 Å². The highest BCUT2D eigenvalue weighted by Gasteiger charge is 2.34. The van der Waals surface area contributed by atoms with Crippen molar-refractivity contribution in [3.8, 4) is 0 Å². The molecule has 50 valence electrons. The van der Waals surface area contributed by atoms with Crippen LogP contribution < -0.4 is 0 Å². The van der Waals surface area contributed by atoms with Crippen molar-refractivity contribution in [3.05, 3.63) is 12.2 Å². The van der Waals surface area contributed by atoms with E-state index in [4.69, 9.17) is 11.6 Å². The Morgan fingerprint density at radius 3 is 2.56 bits per heavy atom. The largest absolute Gasteiger partial charge is 0.126 e. The van der Waals surface area contributed by atoms with Gasteiger partial charge in [0, 0.05) is 5.88 Å². The molecule has 1 heteroatoms. The van der Waals surface area contributed by atoms with Crippen molar-refractivity contribution < 1.29 is 0 Å². The van der Waals surface area contributed by atoms with Gasteiger partial charge in [0.2, 0.25) is 0 Å². The van der Waals surface area contributed by atoms with Crippen LogP contribution in [0.2, 0.25) is 0 Å². The number of alkyl halides is 1. The van der Waals surface area contributed by atoms with Crippen molar-refractivity contribution in [1.29, 1.82) is 0 Å². The summed E-state index contributed by atoms with van der Waals surface area (Å²) in [6, 6.07) is 0. The van der Waals surface area contributed by atoms with Crippen LogP contribution in [0.3, 0.4) is 0 Å². The van der Waals surface area contributed by atoms with Gasteiger partial charge >= 0.3 is 0 Å². The third kappa shape index (κ3) is 0.806. The van der Waals surface area contributed by atoms with Crippen LogP contribution in [0, 0.1) is 17.8 Å². The SMILES string of the molecule is ClC[C@H]1C[C@H]2C=C[C@H]1C2. The maximum Gasteiger partial charge on any atom is 0.0257 e. The summed E-state index contributed by atoms with van der Waals surface area (Å²) in [5.41, 5.74) is 0. The Hall–Kier alpha value is 0.0300. The van der Waals surface area contributed by atoms with E-state index in [1.165, 1.54) is 12.8 Å². The first kappa shape index (κ1) is 5.79. The molecule has 9 heavy (non-hydrogen) atoms. The molecule has 0 aromatic rings. The highest BCUT2D eigenvalue weighted by Crippen LogP contribution is 2.43. The number of allylic oxidation sites excluding steroid dienone is 2. The number of hydrogen-bond acceptors (Lipinski definition) is 0. The molecule has 2 aliphatic carbocycles. The molecule has 1 saturated carbocycles. The van der Waals surface area contributed by atoms with E-state index in [-0.39, 0.29) is 0 Å². The minimum absolute atomic E-state index is 0.807. The Balaban J connectivity index is 2.10. The Bertz CT molecular complexity index is 140. The third-order valence-electron chi connectivity index (χ3n) is 2.61. The van der Waals surface area contributed by atoms with Gasteiger partial charge in [-0.25, -0.2) is 0 Å². The molecule has 0 heterocycles. The van der Waals surface area contributed by atoms with Crippen molar-refractivity contribution in [3.63, 3.8) is 0 Å². The fraction of sp³-hybridized carbons (Fsp3) is 0.750. The average Bonchev–Trinajstić information content (AvgIpc) is 2.45. The van der Waals surface area contributed by atoms with E-state index in [0.717, 1.165) is 23.6 Å². The Labute approximate surface area is 60.9 Å². The van der Waals surface area contributed by atoms with Gasteiger partial charge in [-0.3, -0.25) is 0 Å². The van der Waals surface area contributed by atoms with Gasteiger partial charge in [0.1, 0.15) is 0 Å². The quantitative estimate of drug-likeness (QED) is 0.390. The predicted octanol–water partition coefficient (Wildman–Crippen LogP) is 2.44. The van der Waals surface area contributed by atoms with Gasteiger partial charge in [-0.2, -0.15) is 0 Å². The van der Waals surface area contributed by atoms with Crippen LogP contribution in [0.15, 0.2) is 12.2 Å². The van der Waals surface area contributed by atoms with Crippen molar-refractivity contribution in [2.45, 2.75) is 12.8 Å². The number of hydrogen-bond donors (Lipinski definition) is 0. The molecule has 0 spiro atoms. The van der Waals surface area contributed by atoms with Crippen LogP contribution >= 0.6 is 11.6 Å². The van der Waals surface area contributed by atoms with Crippen LogP contribution in [-0.4, -0.2) is 5.88 Å². The molecular weight excluding hydrogens is 132 g/mol. The lowest BCUT2D eigenvalue weighted by atomic mass is 9.96. The normalized spacial score (nSPS) is 46.6. The van der Waals surface area contributed by atoms with E-state index in [9.17, 15) is 0 Å². The minimum Gasteiger partial charge on any atom is -0.126 e. The summed E-state index contributed by atoms with van der Waals surface area (Å²) in [4.78, 5) is 0. The lowest BCUT2D eigenvalue weighted by Crippen LogP contribution is -2.07. The van der Waals surface area contributed by atoms with Gasteiger partial charge in [0.25, 0.3) is 0 Å². The topological polar surface area (TPSA) is 0 Å². The molecule has 0 nitrogen and oxygen atoms in total. The fourth-order valence-electron chi connectivity index (χ4n) is 2.07. The summed E-state index contributed by atoms with van der Waals surface area (Å²) in [6.45, 7) is 0. The number of rotatable bonds is 1. The summed E-state index contributed by atoms with van der Waals surface area (Å²) in [5, 5.41) is 0. The first-order chi connectivity index (χ1) is 4.40. The molecule has 0 aromatic heterocycles. The van der Waals surface area contributed by atoms with Gasteiger partial charge in [0.05, 0.1) is 0 Å². The van der Waals surface area contributed by atoms with E-state index < -0.39 is 0 Å². The molecule has 2 aliphatic rings. The Kier molecular flexibility index (Phi) is 1.30. The monoisotopic (exact) mass is 142 g/mol. The molecule has 0 radical (unpaired) electrons. The smallest absolute Gasteiger partial charge is 0.0257 e. The number of fused-ring (bicyclic) bond motifs is 2. The molecular formula is C8H11Cl. The molecule has 1 fully saturated rings. The summed E-state index contributed by atoms with van der Waals surface area (Å²) < 4.78 is 0. The zero-order valence-electron chi connectivity index (χ0n) is 5.39. The van der Waals surface area contributed by atoms with Gasteiger partial charge in [0.15, 0.2) is 0 Å². The van der Waals surface area contributed by atoms with E-state index in [0.29, 0.717) is 0 Å². The molecule has 0 aromatic carbocycles. The molecule has 0 saturated heterocycles. The minimum atomic E-state index is 0.807. The lowest BCUT2D eigenvalue weighted by Gasteiger charge is -2.13. The standard InChI is InChI=1S/C8H11Cl/c9-5-8-4-6-1-2-7(8)3-6/h1-2,6-8H,3-5H2/t6-,7-,8+/m0/s1. The molecule has 3 atom stereocenters. The van der Waals surface area contributed by atoms with Gasteiger partial charge < -0.3 is 0 Å². The van der Waals surface area contributed by atoms with Gasteiger partial charge in [-0.05, 0) is 30.6 Å². The van der Waals surface area contributed by atoms with Crippen molar-refractivity contribution >= 4 is 11.6 Å². The molecule has 0 amide bonds. The van der Waals surface area contributed by atoms with Crippen LogP contribution in [0.25, 0.3) is 0 Å². The van der Waals surface area contributed by atoms with Crippen molar-refractivity contribution in [2.24, 2.45) is 17.8 Å². The maximum atomic E-state index is 5.77. The highest BCUT2D eigenvalue weighted by atomic mass is 35.5. The van der Waals surface area contributed by atoms with E-state index in [1.54, 1.807) is 0 Å². The molecule has 2 rings (SSSR count). The second kappa shape index (κ2) is 2.02.